The molecule has 1 unspecified atom stereocenters. The van der Waals surface area contributed by atoms with Crippen molar-refractivity contribution in [2.75, 3.05) is 0 Å². The van der Waals surface area contributed by atoms with Crippen molar-refractivity contribution in [2.24, 2.45) is 5.73 Å². The summed E-state index contributed by atoms with van der Waals surface area (Å²) in [6.45, 7) is 0. The molecular formula is C16H14ClN3. The van der Waals surface area contributed by atoms with Crippen LogP contribution >= 0.6 is 11.6 Å². The number of rotatable bonds is 3. The molecule has 4 heteroatoms. The predicted octanol–water partition coefficient (Wildman–Crippen LogP) is 3.53. The summed E-state index contributed by atoms with van der Waals surface area (Å²) in [6, 6.07) is 13.6. The number of pyridine rings is 2. The molecule has 2 heterocycles. The Kier molecular flexibility index (Phi) is 3.63. The average molecular weight is 284 g/mol. The molecule has 0 aliphatic rings. The molecule has 0 saturated carbocycles. The fourth-order valence-corrected chi connectivity index (χ4v) is 2.39. The van der Waals surface area contributed by atoms with E-state index in [1.54, 1.807) is 6.20 Å². The number of fused-ring (bicyclic) bond motifs is 1. The van der Waals surface area contributed by atoms with Crippen LogP contribution in [0.4, 0.5) is 0 Å². The lowest BCUT2D eigenvalue weighted by atomic mass is 10.0. The summed E-state index contributed by atoms with van der Waals surface area (Å²) in [5.41, 5.74) is 9.25. The second-order valence-electron chi connectivity index (χ2n) is 4.70. The third-order valence-corrected chi connectivity index (χ3v) is 3.53. The average Bonchev–Trinajstić information content (AvgIpc) is 2.48. The first-order chi connectivity index (χ1) is 9.74. The van der Waals surface area contributed by atoms with Crippen molar-refractivity contribution >= 4 is 22.5 Å². The Morgan fingerprint density at radius 2 is 1.90 bits per heavy atom. The van der Waals surface area contributed by atoms with Gasteiger partial charge in [0.05, 0.1) is 22.3 Å². The molecule has 3 nitrogen and oxygen atoms in total. The molecule has 3 rings (SSSR count). The van der Waals surface area contributed by atoms with E-state index in [-0.39, 0.29) is 6.04 Å². The van der Waals surface area contributed by atoms with Crippen LogP contribution in [0.15, 0.2) is 54.9 Å². The SMILES string of the molecule is NC(Cc1ccnc2ccccc12)c1ccc(Cl)cn1. The molecule has 0 aliphatic carbocycles. The van der Waals surface area contributed by atoms with Gasteiger partial charge in [0.1, 0.15) is 0 Å². The van der Waals surface area contributed by atoms with Gasteiger partial charge in [0, 0.05) is 17.8 Å². The van der Waals surface area contributed by atoms with Gasteiger partial charge in [-0.25, -0.2) is 0 Å². The van der Waals surface area contributed by atoms with Crippen molar-refractivity contribution < 1.29 is 0 Å². The molecule has 1 aromatic carbocycles. The minimum Gasteiger partial charge on any atom is -0.322 e. The number of benzene rings is 1. The molecule has 1 atom stereocenters. The number of halogens is 1. The van der Waals surface area contributed by atoms with Crippen LogP contribution in [0.2, 0.25) is 5.02 Å². The van der Waals surface area contributed by atoms with Crippen molar-refractivity contribution in [3.05, 3.63) is 71.1 Å². The molecule has 0 aliphatic heterocycles. The van der Waals surface area contributed by atoms with Gasteiger partial charge in [-0.3, -0.25) is 9.97 Å². The Hall–Kier alpha value is -1.97. The van der Waals surface area contributed by atoms with Gasteiger partial charge in [-0.2, -0.15) is 0 Å². The van der Waals surface area contributed by atoms with E-state index in [0.29, 0.717) is 5.02 Å². The largest absolute Gasteiger partial charge is 0.322 e. The zero-order valence-electron chi connectivity index (χ0n) is 10.8. The fraction of sp³-hybridized carbons (Fsp3) is 0.125. The van der Waals surface area contributed by atoms with E-state index in [4.69, 9.17) is 17.3 Å². The van der Waals surface area contributed by atoms with Crippen molar-refractivity contribution in [3.8, 4) is 0 Å². The molecule has 0 fully saturated rings. The lowest BCUT2D eigenvalue weighted by Gasteiger charge is -2.12. The fourth-order valence-electron chi connectivity index (χ4n) is 2.28. The standard InChI is InChI=1S/C16H14ClN3/c17-12-5-6-16(20-10-12)14(18)9-11-7-8-19-15-4-2-1-3-13(11)15/h1-8,10,14H,9,18H2. The van der Waals surface area contributed by atoms with Crippen molar-refractivity contribution in [1.29, 1.82) is 0 Å². The van der Waals surface area contributed by atoms with Crippen LogP contribution in [0.25, 0.3) is 10.9 Å². The highest BCUT2D eigenvalue weighted by molar-refractivity contribution is 6.30. The predicted molar refractivity (Wildman–Crippen MR) is 81.6 cm³/mol. The number of aromatic nitrogens is 2. The molecular weight excluding hydrogens is 270 g/mol. The van der Waals surface area contributed by atoms with Gasteiger partial charge in [-0.15, -0.1) is 0 Å². The third-order valence-electron chi connectivity index (χ3n) is 3.31. The number of nitrogens with two attached hydrogens (primary N) is 1. The van der Waals surface area contributed by atoms with Gasteiger partial charge in [0.2, 0.25) is 0 Å². The molecule has 2 aromatic heterocycles. The van der Waals surface area contributed by atoms with Crippen LogP contribution in [-0.2, 0) is 6.42 Å². The van der Waals surface area contributed by atoms with Crippen LogP contribution in [0.3, 0.4) is 0 Å². The Balaban J connectivity index is 1.91. The first-order valence-corrected chi connectivity index (χ1v) is 6.81. The van der Waals surface area contributed by atoms with Gasteiger partial charge in [-0.1, -0.05) is 29.8 Å². The zero-order valence-corrected chi connectivity index (χ0v) is 11.6. The molecule has 0 radical (unpaired) electrons. The zero-order chi connectivity index (χ0) is 13.9. The molecule has 100 valence electrons. The highest BCUT2D eigenvalue weighted by Crippen LogP contribution is 2.21. The van der Waals surface area contributed by atoms with Gasteiger partial charge in [0.15, 0.2) is 0 Å². The third kappa shape index (κ3) is 2.64. The lowest BCUT2D eigenvalue weighted by molar-refractivity contribution is 0.699. The van der Waals surface area contributed by atoms with Crippen molar-refractivity contribution in [3.63, 3.8) is 0 Å². The van der Waals surface area contributed by atoms with Crippen LogP contribution in [0, 0.1) is 0 Å². The number of hydrogen-bond acceptors (Lipinski definition) is 3. The minimum atomic E-state index is -0.155. The molecule has 0 spiro atoms. The van der Waals surface area contributed by atoms with Crippen molar-refractivity contribution in [2.45, 2.75) is 12.5 Å². The van der Waals surface area contributed by atoms with E-state index in [2.05, 4.69) is 16.0 Å². The van der Waals surface area contributed by atoms with Crippen LogP contribution in [-0.4, -0.2) is 9.97 Å². The highest BCUT2D eigenvalue weighted by atomic mass is 35.5. The first kappa shape index (κ1) is 13.0. The Morgan fingerprint density at radius 3 is 2.70 bits per heavy atom. The Bertz CT molecular complexity index is 720. The molecule has 0 saturated heterocycles. The first-order valence-electron chi connectivity index (χ1n) is 6.44. The second kappa shape index (κ2) is 5.57. The Labute approximate surface area is 122 Å². The Morgan fingerprint density at radius 1 is 1.05 bits per heavy atom. The monoisotopic (exact) mass is 283 g/mol. The number of hydrogen-bond donors (Lipinski definition) is 1. The van der Waals surface area contributed by atoms with Gasteiger partial charge >= 0.3 is 0 Å². The maximum atomic E-state index is 6.24. The maximum Gasteiger partial charge on any atom is 0.0704 e. The van der Waals surface area contributed by atoms with Crippen LogP contribution < -0.4 is 5.73 Å². The quantitative estimate of drug-likeness (QED) is 0.800. The van der Waals surface area contributed by atoms with E-state index < -0.39 is 0 Å². The van der Waals surface area contributed by atoms with E-state index in [9.17, 15) is 0 Å². The molecule has 2 N–H and O–H groups in total. The molecule has 0 bridgehead atoms. The highest BCUT2D eigenvalue weighted by Gasteiger charge is 2.10. The summed E-state index contributed by atoms with van der Waals surface area (Å²) >= 11 is 5.84. The molecule has 3 aromatic rings. The summed E-state index contributed by atoms with van der Waals surface area (Å²) in [6.07, 6.45) is 4.17. The lowest BCUT2D eigenvalue weighted by Crippen LogP contribution is -2.15. The van der Waals surface area contributed by atoms with E-state index in [0.717, 1.165) is 23.0 Å². The van der Waals surface area contributed by atoms with Gasteiger partial charge in [-0.05, 0) is 36.2 Å². The van der Waals surface area contributed by atoms with Crippen LogP contribution in [0.1, 0.15) is 17.3 Å². The maximum absolute atomic E-state index is 6.24. The summed E-state index contributed by atoms with van der Waals surface area (Å²) in [5.74, 6) is 0. The summed E-state index contributed by atoms with van der Waals surface area (Å²) in [5, 5.41) is 1.76. The molecule has 0 amide bonds. The van der Waals surface area contributed by atoms with E-state index in [1.807, 2.05) is 42.6 Å². The minimum absolute atomic E-state index is 0.155. The second-order valence-corrected chi connectivity index (χ2v) is 5.14. The van der Waals surface area contributed by atoms with Crippen molar-refractivity contribution in [1.82, 2.24) is 9.97 Å². The van der Waals surface area contributed by atoms with Crippen LogP contribution in [0.5, 0.6) is 0 Å². The summed E-state index contributed by atoms with van der Waals surface area (Å²) in [7, 11) is 0. The number of nitrogens with zero attached hydrogens (tertiary/aromatic N) is 2. The van der Waals surface area contributed by atoms with E-state index in [1.165, 1.54) is 5.56 Å². The topological polar surface area (TPSA) is 51.8 Å². The molecule has 20 heavy (non-hydrogen) atoms. The summed E-state index contributed by atoms with van der Waals surface area (Å²) < 4.78 is 0. The van der Waals surface area contributed by atoms with Gasteiger partial charge < -0.3 is 5.73 Å². The summed E-state index contributed by atoms with van der Waals surface area (Å²) in [4.78, 5) is 8.64. The van der Waals surface area contributed by atoms with Gasteiger partial charge in [0.25, 0.3) is 0 Å². The van der Waals surface area contributed by atoms with E-state index >= 15 is 0 Å². The smallest absolute Gasteiger partial charge is 0.0704 e. The normalized spacial score (nSPS) is 12.5. The number of para-hydroxylation sites is 1.